The first kappa shape index (κ1) is 18.0. The van der Waals surface area contributed by atoms with Gasteiger partial charge in [-0.1, -0.05) is 23.7 Å². The third-order valence-corrected chi connectivity index (χ3v) is 4.57. The molecule has 3 rings (SSSR count). The van der Waals surface area contributed by atoms with Gasteiger partial charge in [0.05, 0.1) is 10.6 Å². The Bertz CT molecular complexity index is 789. The van der Waals surface area contributed by atoms with Gasteiger partial charge in [0.25, 0.3) is 5.91 Å². The number of aromatic hydroxyl groups is 1. The first-order valence-corrected chi connectivity index (χ1v) is 8.67. The van der Waals surface area contributed by atoms with Crippen LogP contribution in [0.1, 0.15) is 23.2 Å². The summed E-state index contributed by atoms with van der Waals surface area (Å²) < 4.78 is 0. The molecule has 0 radical (unpaired) electrons. The molecule has 0 aliphatic carbocycles. The van der Waals surface area contributed by atoms with Gasteiger partial charge in [0.2, 0.25) is 5.91 Å². The Hall–Kier alpha value is -2.80. The fourth-order valence-electron chi connectivity index (χ4n) is 2.88. The van der Waals surface area contributed by atoms with E-state index in [0.717, 1.165) is 5.82 Å². The highest BCUT2D eigenvalue weighted by atomic mass is 35.5. The quantitative estimate of drug-likeness (QED) is 0.715. The van der Waals surface area contributed by atoms with Gasteiger partial charge in [-0.3, -0.25) is 20.4 Å². The lowest BCUT2D eigenvalue weighted by molar-refractivity contribution is -0.126. The fraction of sp³-hybridized carbons (Fsp3) is 0.278. The number of phenolic OH excluding ortho intramolecular Hbond substituents is 1. The van der Waals surface area contributed by atoms with Crippen LogP contribution in [-0.4, -0.2) is 35.0 Å². The van der Waals surface area contributed by atoms with Crippen molar-refractivity contribution in [2.75, 3.05) is 18.0 Å². The number of hydrazine groups is 1. The molecule has 136 valence electrons. The fourth-order valence-corrected chi connectivity index (χ4v) is 2.99. The van der Waals surface area contributed by atoms with E-state index in [-0.39, 0.29) is 23.1 Å². The minimum atomic E-state index is -0.556. The van der Waals surface area contributed by atoms with E-state index in [0.29, 0.717) is 31.0 Å². The normalized spacial score (nSPS) is 14.7. The van der Waals surface area contributed by atoms with Crippen molar-refractivity contribution in [1.82, 2.24) is 15.8 Å². The molecule has 2 aromatic rings. The van der Waals surface area contributed by atoms with Gasteiger partial charge in [-0.05, 0) is 37.1 Å². The molecule has 1 aliphatic rings. The number of nitrogens with zero attached hydrogens (tertiary/aromatic N) is 2. The molecule has 0 unspecified atom stereocenters. The summed E-state index contributed by atoms with van der Waals surface area (Å²) in [6.45, 7) is 1.39. The number of rotatable bonds is 3. The average molecular weight is 375 g/mol. The summed E-state index contributed by atoms with van der Waals surface area (Å²) in [5.41, 5.74) is 4.89. The second kappa shape index (κ2) is 8.05. The third kappa shape index (κ3) is 4.23. The first-order valence-electron chi connectivity index (χ1n) is 8.29. The van der Waals surface area contributed by atoms with Crippen molar-refractivity contribution >= 4 is 29.2 Å². The number of piperidine rings is 1. The minimum Gasteiger partial charge on any atom is -0.507 e. The molecule has 7 nitrogen and oxygen atoms in total. The predicted molar refractivity (Wildman–Crippen MR) is 97.9 cm³/mol. The predicted octanol–water partition coefficient (Wildman–Crippen LogP) is 2.12. The van der Waals surface area contributed by atoms with Crippen LogP contribution in [0.2, 0.25) is 5.02 Å². The van der Waals surface area contributed by atoms with Crippen molar-refractivity contribution in [2.24, 2.45) is 5.92 Å². The number of anilines is 1. The van der Waals surface area contributed by atoms with E-state index in [2.05, 4.69) is 20.7 Å². The highest BCUT2D eigenvalue weighted by Gasteiger charge is 2.26. The van der Waals surface area contributed by atoms with E-state index in [9.17, 15) is 14.7 Å². The summed E-state index contributed by atoms with van der Waals surface area (Å²) in [7, 11) is 0. The van der Waals surface area contributed by atoms with Crippen LogP contribution >= 0.6 is 11.6 Å². The van der Waals surface area contributed by atoms with Gasteiger partial charge in [0.1, 0.15) is 11.6 Å². The van der Waals surface area contributed by atoms with Gasteiger partial charge in [0, 0.05) is 25.2 Å². The molecule has 8 heteroatoms. The molecule has 0 bridgehead atoms. The van der Waals surface area contributed by atoms with Gasteiger partial charge >= 0.3 is 0 Å². The Kier molecular flexibility index (Phi) is 5.58. The van der Waals surface area contributed by atoms with E-state index in [1.807, 2.05) is 6.07 Å². The molecule has 3 N–H and O–H groups in total. The number of amides is 2. The largest absolute Gasteiger partial charge is 0.507 e. The lowest BCUT2D eigenvalue weighted by atomic mass is 9.96. The zero-order valence-electron chi connectivity index (χ0n) is 14.0. The van der Waals surface area contributed by atoms with E-state index >= 15 is 0 Å². The second-order valence-corrected chi connectivity index (χ2v) is 6.49. The smallest absolute Gasteiger partial charge is 0.273 e. The standard InChI is InChI=1S/C18H19ClN4O3/c19-13-5-6-16(20-11-13)23-9-7-12(8-10-23)17(25)21-22-18(26)14-3-1-2-4-15(14)24/h1-6,11-12,24H,7-10H2,(H,21,25)(H,22,26). The van der Waals surface area contributed by atoms with Crippen molar-refractivity contribution in [3.8, 4) is 5.75 Å². The monoisotopic (exact) mass is 374 g/mol. The van der Waals surface area contributed by atoms with E-state index in [4.69, 9.17) is 11.6 Å². The Morgan fingerprint density at radius 1 is 1.12 bits per heavy atom. The summed E-state index contributed by atoms with van der Waals surface area (Å²) in [4.78, 5) is 30.7. The number of hydrogen-bond acceptors (Lipinski definition) is 5. The molecule has 0 atom stereocenters. The van der Waals surface area contributed by atoms with Crippen LogP contribution in [0.3, 0.4) is 0 Å². The number of nitrogens with one attached hydrogen (secondary N) is 2. The summed E-state index contributed by atoms with van der Waals surface area (Å²) in [5, 5.41) is 10.2. The number of benzene rings is 1. The van der Waals surface area contributed by atoms with Crippen molar-refractivity contribution in [1.29, 1.82) is 0 Å². The number of hydrogen-bond donors (Lipinski definition) is 3. The lowest BCUT2D eigenvalue weighted by Crippen LogP contribution is -2.47. The van der Waals surface area contributed by atoms with Crippen LogP contribution in [0.15, 0.2) is 42.6 Å². The molecule has 1 aromatic carbocycles. The van der Waals surface area contributed by atoms with Crippen LogP contribution in [0, 0.1) is 5.92 Å². The Balaban J connectivity index is 1.48. The van der Waals surface area contributed by atoms with Crippen molar-refractivity contribution < 1.29 is 14.7 Å². The summed E-state index contributed by atoms with van der Waals surface area (Å²) >= 11 is 5.85. The summed E-state index contributed by atoms with van der Waals surface area (Å²) in [5.74, 6) is -0.288. The molecule has 0 saturated carbocycles. The van der Waals surface area contributed by atoms with Crippen molar-refractivity contribution in [2.45, 2.75) is 12.8 Å². The molecule has 1 aliphatic heterocycles. The van der Waals surface area contributed by atoms with Gasteiger partial charge < -0.3 is 10.0 Å². The molecular formula is C18H19ClN4O3. The van der Waals surface area contributed by atoms with Crippen LogP contribution in [0.5, 0.6) is 5.75 Å². The van der Waals surface area contributed by atoms with E-state index in [1.54, 1.807) is 24.4 Å². The van der Waals surface area contributed by atoms with Gasteiger partial charge in [-0.25, -0.2) is 4.98 Å². The minimum absolute atomic E-state index is 0.108. The van der Waals surface area contributed by atoms with E-state index in [1.165, 1.54) is 12.1 Å². The van der Waals surface area contributed by atoms with Crippen molar-refractivity contribution in [3.63, 3.8) is 0 Å². The maximum absolute atomic E-state index is 12.3. The number of phenols is 1. The topological polar surface area (TPSA) is 94.6 Å². The lowest BCUT2D eigenvalue weighted by Gasteiger charge is -2.32. The first-order chi connectivity index (χ1) is 12.5. The van der Waals surface area contributed by atoms with Crippen LogP contribution in [-0.2, 0) is 4.79 Å². The SMILES string of the molecule is O=C(NNC(=O)C1CCN(c2ccc(Cl)cn2)CC1)c1ccccc1O. The zero-order valence-corrected chi connectivity index (χ0v) is 14.7. The number of para-hydroxylation sites is 1. The molecule has 2 heterocycles. The number of aromatic nitrogens is 1. The molecular weight excluding hydrogens is 356 g/mol. The number of carbonyl (C=O) groups is 2. The average Bonchev–Trinajstić information content (AvgIpc) is 2.67. The Morgan fingerprint density at radius 2 is 1.85 bits per heavy atom. The molecule has 26 heavy (non-hydrogen) atoms. The van der Waals surface area contributed by atoms with Crippen molar-refractivity contribution in [3.05, 3.63) is 53.2 Å². The Morgan fingerprint density at radius 3 is 2.50 bits per heavy atom. The van der Waals surface area contributed by atoms with E-state index < -0.39 is 5.91 Å². The molecule has 1 saturated heterocycles. The maximum Gasteiger partial charge on any atom is 0.273 e. The number of pyridine rings is 1. The molecule has 2 amide bonds. The highest BCUT2D eigenvalue weighted by molar-refractivity contribution is 6.30. The van der Waals surface area contributed by atoms with Gasteiger partial charge in [0.15, 0.2) is 0 Å². The number of carbonyl (C=O) groups excluding carboxylic acids is 2. The number of halogens is 1. The third-order valence-electron chi connectivity index (χ3n) is 4.35. The molecule has 0 spiro atoms. The molecule has 1 fully saturated rings. The van der Waals surface area contributed by atoms with Gasteiger partial charge in [-0.2, -0.15) is 0 Å². The zero-order chi connectivity index (χ0) is 18.5. The molecule has 1 aromatic heterocycles. The highest BCUT2D eigenvalue weighted by Crippen LogP contribution is 2.22. The second-order valence-electron chi connectivity index (χ2n) is 6.06. The Labute approximate surface area is 156 Å². The van der Waals surface area contributed by atoms with Gasteiger partial charge in [-0.15, -0.1) is 0 Å². The van der Waals surface area contributed by atoms with Crippen LogP contribution in [0.25, 0.3) is 0 Å². The maximum atomic E-state index is 12.3. The summed E-state index contributed by atoms with van der Waals surface area (Å²) in [6, 6.07) is 9.79. The summed E-state index contributed by atoms with van der Waals surface area (Å²) in [6.07, 6.45) is 2.91. The van der Waals surface area contributed by atoms with Crippen LogP contribution < -0.4 is 15.8 Å². The van der Waals surface area contributed by atoms with Crippen LogP contribution in [0.4, 0.5) is 5.82 Å².